The molecule has 1 aromatic rings. The van der Waals surface area contributed by atoms with Gasteiger partial charge in [-0.15, -0.1) is 0 Å². The lowest BCUT2D eigenvalue weighted by atomic mass is 10.0. The highest BCUT2D eigenvalue weighted by Crippen LogP contribution is 2.30. The van der Waals surface area contributed by atoms with Gasteiger partial charge in [0.25, 0.3) is 0 Å². The van der Waals surface area contributed by atoms with Gasteiger partial charge in [-0.05, 0) is 37.6 Å². The van der Waals surface area contributed by atoms with Crippen LogP contribution in [0.2, 0.25) is 5.02 Å². The summed E-state index contributed by atoms with van der Waals surface area (Å²) >= 11 is 6.20. The molecular formula is C15H25ClN2O. The Labute approximate surface area is 121 Å². The van der Waals surface area contributed by atoms with E-state index >= 15 is 0 Å². The van der Waals surface area contributed by atoms with Gasteiger partial charge in [0.05, 0.1) is 12.1 Å². The van der Waals surface area contributed by atoms with Crippen molar-refractivity contribution in [2.75, 3.05) is 20.7 Å². The maximum Gasteiger partial charge on any atom is 0.137 e. The van der Waals surface area contributed by atoms with Crippen molar-refractivity contribution in [2.24, 2.45) is 5.73 Å². The van der Waals surface area contributed by atoms with Crippen LogP contribution in [0, 0.1) is 0 Å². The van der Waals surface area contributed by atoms with Crippen molar-refractivity contribution in [2.45, 2.75) is 38.8 Å². The van der Waals surface area contributed by atoms with Crippen molar-refractivity contribution in [3.63, 3.8) is 0 Å². The van der Waals surface area contributed by atoms with E-state index in [1.165, 1.54) is 0 Å². The Balaban J connectivity index is 2.99. The molecule has 1 rings (SSSR count). The lowest BCUT2D eigenvalue weighted by Crippen LogP contribution is -2.38. The van der Waals surface area contributed by atoms with Crippen LogP contribution >= 0.6 is 11.6 Å². The first-order valence-corrected chi connectivity index (χ1v) is 7.22. The Bertz CT molecular complexity index is 394. The molecule has 2 N–H and O–H groups in total. The van der Waals surface area contributed by atoms with Crippen LogP contribution in [0.25, 0.3) is 0 Å². The highest BCUT2D eigenvalue weighted by molar-refractivity contribution is 6.32. The molecule has 108 valence electrons. The van der Waals surface area contributed by atoms with E-state index in [1.807, 2.05) is 18.2 Å². The van der Waals surface area contributed by atoms with Gasteiger partial charge in [0.15, 0.2) is 0 Å². The van der Waals surface area contributed by atoms with Crippen molar-refractivity contribution in [1.29, 1.82) is 0 Å². The largest absolute Gasteiger partial charge is 0.495 e. The number of benzene rings is 1. The van der Waals surface area contributed by atoms with Gasteiger partial charge < -0.3 is 10.5 Å². The third-order valence-corrected chi connectivity index (χ3v) is 4.09. The fourth-order valence-corrected chi connectivity index (χ4v) is 2.81. The number of hydrogen-bond donors (Lipinski definition) is 1. The van der Waals surface area contributed by atoms with Crippen LogP contribution in [0.15, 0.2) is 18.2 Å². The molecule has 0 heterocycles. The second-order valence-corrected chi connectivity index (χ2v) is 5.19. The molecule has 1 aromatic carbocycles. The molecule has 3 nitrogen and oxygen atoms in total. The van der Waals surface area contributed by atoms with E-state index in [0.717, 1.165) is 18.4 Å². The molecule has 19 heavy (non-hydrogen) atoms. The highest BCUT2D eigenvalue weighted by Gasteiger charge is 2.21. The van der Waals surface area contributed by atoms with Crippen LogP contribution in [0.1, 0.15) is 38.3 Å². The van der Waals surface area contributed by atoms with E-state index in [9.17, 15) is 0 Å². The van der Waals surface area contributed by atoms with Gasteiger partial charge in [-0.3, -0.25) is 4.90 Å². The number of nitrogens with zero attached hydrogens (tertiary/aromatic N) is 1. The average Bonchev–Trinajstić information content (AvgIpc) is 2.41. The minimum atomic E-state index is 0.188. The van der Waals surface area contributed by atoms with Crippen molar-refractivity contribution in [3.8, 4) is 5.75 Å². The molecule has 0 spiro atoms. The van der Waals surface area contributed by atoms with E-state index < -0.39 is 0 Å². The van der Waals surface area contributed by atoms with Crippen LogP contribution in [0.3, 0.4) is 0 Å². The Morgan fingerprint density at radius 3 is 2.37 bits per heavy atom. The summed E-state index contributed by atoms with van der Waals surface area (Å²) in [7, 11) is 3.75. The number of likely N-dealkylation sites (N-methyl/N-ethyl adjacent to an activating group) is 1. The molecule has 0 fully saturated rings. The van der Waals surface area contributed by atoms with Crippen LogP contribution in [0.5, 0.6) is 5.75 Å². The highest BCUT2D eigenvalue weighted by atomic mass is 35.5. The Hall–Kier alpha value is -0.770. The van der Waals surface area contributed by atoms with E-state index in [1.54, 1.807) is 7.11 Å². The predicted octanol–water partition coefficient (Wildman–Crippen LogP) is 3.47. The van der Waals surface area contributed by atoms with Crippen LogP contribution in [0.4, 0.5) is 0 Å². The summed E-state index contributed by atoms with van der Waals surface area (Å²) in [6.07, 6.45) is 2.24. The summed E-state index contributed by atoms with van der Waals surface area (Å²) in [6, 6.07) is 6.63. The molecule has 0 radical (unpaired) electrons. The van der Waals surface area contributed by atoms with Crippen LogP contribution in [-0.2, 0) is 0 Å². The second kappa shape index (κ2) is 7.73. The molecule has 0 saturated heterocycles. The van der Waals surface area contributed by atoms with Gasteiger partial charge in [0.2, 0.25) is 0 Å². The molecule has 0 bridgehead atoms. The summed E-state index contributed by atoms with van der Waals surface area (Å²) in [5, 5.41) is 0.636. The summed E-state index contributed by atoms with van der Waals surface area (Å²) in [5.41, 5.74) is 7.10. The van der Waals surface area contributed by atoms with E-state index in [2.05, 4.69) is 25.8 Å². The fraction of sp³-hybridized carbons (Fsp3) is 0.600. The van der Waals surface area contributed by atoms with Gasteiger partial charge in [-0.25, -0.2) is 0 Å². The van der Waals surface area contributed by atoms with Gasteiger partial charge in [0, 0.05) is 18.6 Å². The fourth-order valence-electron chi connectivity index (χ4n) is 2.55. The third kappa shape index (κ3) is 3.85. The molecule has 1 atom stereocenters. The predicted molar refractivity (Wildman–Crippen MR) is 81.9 cm³/mol. The molecule has 0 amide bonds. The molecule has 0 aliphatic heterocycles. The lowest BCUT2D eigenvalue weighted by molar-refractivity contribution is 0.167. The number of halogens is 1. The van der Waals surface area contributed by atoms with Gasteiger partial charge >= 0.3 is 0 Å². The normalized spacial score (nSPS) is 13.1. The van der Waals surface area contributed by atoms with Gasteiger partial charge in [-0.2, -0.15) is 0 Å². The Morgan fingerprint density at radius 2 is 1.95 bits per heavy atom. The number of methoxy groups -OCH3 is 1. The van der Waals surface area contributed by atoms with Gasteiger partial charge in [0.1, 0.15) is 5.75 Å². The van der Waals surface area contributed by atoms with E-state index in [-0.39, 0.29) is 6.04 Å². The van der Waals surface area contributed by atoms with Crippen molar-refractivity contribution >= 4 is 11.6 Å². The third-order valence-electron chi connectivity index (χ3n) is 3.79. The lowest BCUT2D eigenvalue weighted by Gasteiger charge is -2.34. The SMILES string of the molecule is CCC(CC)N(C)C(CN)c1ccc(OC)c(Cl)c1. The first kappa shape index (κ1) is 16.3. The molecular weight excluding hydrogens is 260 g/mol. The van der Waals surface area contributed by atoms with Crippen LogP contribution in [-0.4, -0.2) is 31.6 Å². The maximum atomic E-state index is 6.20. The summed E-state index contributed by atoms with van der Waals surface area (Å²) in [6.45, 7) is 4.99. The molecule has 0 aromatic heterocycles. The number of nitrogens with two attached hydrogens (primary N) is 1. The zero-order valence-corrected chi connectivity index (χ0v) is 13.1. The second-order valence-electron chi connectivity index (χ2n) is 4.78. The van der Waals surface area contributed by atoms with E-state index in [4.69, 9.17) is 22.1 Å². The first-order chi connectivity index (χ1) is 9.08. The Morgan fingerprint density at radius 1 is 1.32 bits per heavy atom. The van der Waals surface area contributed by atoms with Crippen LogP contribution < -0.4 is 10.5 Å². The number of ether oxygens (including phenoxy) is 1. The average molecular weight is 285 g/mol. The van der Waals surface area contributed by atoms with E-state index in [0.29, 0.717) is 23.4 Å². The Kier molecular flexibility index (Phi) is 6.63. The molecule has 0 aliphatic rings. The number of hydrogen-bond acceptors (Lipinski definition) is 3. The molecule has 1 unspecified atom stereocenters. The maximum absolute atomic E-state index is 6.20. The van der Waals surface area contributed by atoms with Crippen molar-refractivity contribution < 1.29 is 4.74 Å². The quantitative estimate of drug-likeness (QED) is 0.833. The minimum absolute atomic E-state index is 0.188. The minimum Gasteiger partial charge on any atom is -0.495 e. The zero-order chi connectivity index (χ0) is 14.4. The monoisotopic (exact) mass is 284 g/mol. The molecule has 0 aliphatic carbocycles. The first-order valence-electron chi connectivity index (χ1n) is 6.84. The standard InChI is InChI=1S/C15H25ClN2O/c1-5-12(6-2)18(3)14(10-17)11-7-8-15(19-4)13(16)9-11/h7-9,12,14H,5-6,10,17H2,1-4H3. The smallest absolute Gasteiger partial charge is 0.137 e. The summed E-state index contributed by atoms with van der Waals surface area (Å²) in [5.74, 6) is 0.700. The summed E-state index contributed by atoms with van der Waals surface area (Å²) < 4.78 is 5.19. The molecule has 0 saturated carbocycles. The van der Waals surface area contributed by atoms with Crippen molar-refractivity contribution in [3.05, 3.63) is 28.8 Å². The number of rotatable bonds is 7. The zero-order valence-electron chi connectivity index (χ0n) is 12.3. The topological polar surface area (TPSA) is 38.5 Å². The summed E-state index contributed by atoms with van der Waals surface area (Å²) in [4.78, 5) is 2.35. The van der Waals surface area contributed by atoms with Gasteiger partial charge in [-0.1, -0.05) is 31.5 Å². The molecule has 4 heteroatoms. The van der Waals surface area contributed by atoms with Crippen molar-refractivity contribution in [1.82, 2.24) is 4.90 Å².